The molecule has 88 valence electrons. The van der Waals surface area contributed by atoms with Crippen molar-refractivity contribution in [2.45, 2.75) is 0 Å². The Balaban J connectivity index is 0.000000321. The second kappa shape index (κ2) is 11.0. The number of hydrogen-bond acceptors (Lipinski definition) is 3. The first kappa shape index (κ1) is 18.1. The van der Waals surface area contributed by atoms with Crippen molar-refractivity contribution in [1.29, 1.82) is 0 Å². The average Bonchev–Trinajstić information content (AvgIpc) is 2.31. The van der Waals surface area contributed by atoms with E-state index < -0.39 is 7.32 Å². The summed E-state index contributed by atoms with van der Waals surface area (Å²) in [5.74, 6) is 0.442. The van der Waals surface area contributed by atoms with Gasteiger partial charge in [0.15, 0.2) is 0 Å². The standard InChI is InChI=1S/C6H7BO3.C6H7B.Rb.H/c8-7(9)10-6-4-2-1-3-5-6;7-6-4-2-1-3-5-6;;/h1-5,8-9H;1-5H,7H2;;. The molecule has 0 radical (unpaired) electrons. The third-order valence-electron chi connectivity index (χ3n) is 1.93. The summed E-state index contributed by atoms with van der Waals surface area (Å²) in [6, 6.07) is 18.8. The normalized spacial score (nSPS) is 8.33. The first-order valence-corrected chi connectivity index (χ1v) is 5.28. The molecule has 0 saturated carbocycles. The molecule has 2 rings (SSSR count). The van der Waals surface area contributed by atoms with E-state index in [0.29, 0.717) is 5.75 Å². The molecule has 0 aromatic heterocycles. The number of hydrogen-bond donors (Lipinski definition) is 2. The van der Waals surface area contributed by atoms with Crippen LogP contribution in [0.3, 0.4) is 0 Å². The van der Waals surface area contributed by atoms with Gasteiger partial charge in [-0.25, -0.2) is 0 Å². The molecule has 18 heavy (non-hydrogen) atoms. The molecule has 0 aliphatic rings. The monoisotopic (exact) mass is 314 g/mol. The van der Waals surface area contributed by atoms with E-state index >= 15 is 0 Å². The summed E-state index contributed by atoms with van der Waals surface area (Å²) >= 11 is 0. The third kappa shape index (κ3) is 9.08. The van der Waals surface area contributed by atoms with Crippen LogP contribution in [-0.2, 0) is 0 Å². The minimum absolute atomic E-state index is 0. The first-order chi connectivity index (χ1) is 8.18. The summed E-state index contributed by atoms with van der Waals surface area (Å²) < 4.78 is 4.53. The fourth-order valence-corrected chi connectivity index (χ4v) is 1.16. The molecule has 0 spiro atoms. The fourth-order valence-electron chi connectivity index (χ4n) is 1.16. The molecule has 0 atom stereocenters. The SMILES string of the molecule is Bc1ccccc1.OB(O)Oc1ccccc1.[RbH]. The van der Waals surface area contributed by atoms with Gasteiger partial charge in [-0.15, -0.1) is 0 Å². The van der Waals surface area contributed by atoms with Gasteiger partial charge in [-0.3, -0.25) is 0 Å². The van der Waals surface area contributed by atoms with Gasteiger partial charge in [0.25, 0.3) is 0 Å². The zero-order chi connectivity index (χ0) is 12.5. The molecule has 0 heterocycles. The molecule has 2 N–H and O–H groups in total. The number of para-hydroxylation sites is 1. The van der Waals surface area contributed by atoms with Crippen LogP contribution in [-0.4, -0.2) is 83.4 Å². The Labute approximate surface area is 158 Å². The topological polar surface area (TPSA) is 49.7 Å². The van der Waals surface area contributed by atoms with Gasteiger partial charge in [0.2, 0.25) is 0 Å². The van der Waals surface area contributed by atoms with Gasteiger partial charge in [-0.1, -0.05) is 54.0 Å². The molecule has 0 saturated heterocycles. The minimum atomic E-state index is -1.73. The van der Waals surface area contributed by atoms with Gasteiger partial charge >= 0.3 is 65.5 Å². The van der Waals surface area contributed by atoms with Crippen LogP contribution >= 0.6 is 0 Å². The molecule has 0 amide bonds. The van der Waals surface area contributed by atoms with E-state index in [9.17, 15) is 0 Å². The Kier molecular flexibility index (Phi) is 11.0. The van der Waals surface area contributed by atoms with E-state index in [1.807, 2.05) is 24.3 Å². The van der Waals surface area contributed by atoms with Crippen molar-refractivity contribution in [1.82, 2.24) is 0 Å². The van der Waals surface area contributed by atoms with E-state index in [2.05, 4.69) is 24.6 Å². The Hall–Kier alpha value is 0.0951. The van der Waals surface area contributed by atoms with E-state index in [1.54, 1.807) is 24.3 Å². The summed E-state index contributed by atoms with van der Waals surface area (Å²) in [6.07, 6.45) is 0. The predicted molar refractivity (Wildman–Crippen MR) is 79.0 cm³/mol. The van der Waals surface area contributed by atoms with Crippen molar-refractivity contribution in [3.8, 4) is 5.75 Å². The zero-order valence-corrected chi connectivity index (χ0v) is 9.65. The van der Waals surface area contributed by atoms with Crippen LogP contribution in [0.25, 0.3) is 0 Å². The van der Waals surface area contributed by atoms with E-state index in [4.69, 9.17) is 10.0 Å². The Morgan fingerprint density at radius 2 is 1.28 bits per heavy atom. The molecular formula is C12H15B2O3Rb. The number of rotatable bonds is 2. The molecule has 0 fully saturated rings. The molecule has 3 nitrogen and oxygen atoms in total. The Bertz CT molecular complexity index is 412. The number of benzene rings is 2. The van der Waals surface area contributed by atoms with Crippen molar-refractivity contribution < 1.29 is 14.7 Å². The van der Waals surface area contributed by atoms with Crippen LogP contribution in [0.4, 0.5) is 0 Å². The van der Waals surface area contributed by atoms with Crippen molar-refractivity contribution >= 4 is 78.8 Å². The van der Waals surface area contributed by atoms with Crippen LogP contribution in [0.5, 0.6) is 5.75 Å². The summed E-state index contributed by atoms with van der Waals surface area (Å²) in [4.78, 5) is 0. The Morgan fingerprint density at radius 3 is 1.61 bits per heavy atom. The summed E-state index contributed by atoms with van der Waals surface area (Å²) in [7, 11) is 0.349. The van der Waals surface area contributed by atoms with Gasteiger partial charge in [-0.2, -0.15) is 0 Å². The average molecular weight is 314 g/mol. The fraction of sp³-hybridized carbons (Fsp3) is 0. The van der Waals surface area contributed by atoms with Gasteiger partial charge < -0.3 is 14.7 Å². The van der Waals surface area contributed by atoms with Gasteiger partial charge in [-0.05, 0) is 12.1 Å². The molecule has 6 heteroatoms. The molecule has 0 aliphatic carbocycles. The third-order valence-corrected chi connectivity index (χ3v) is 1.93. The van der Waals surface area contributed by atoms with Crippen molar-refractivity contribution in [3.63, 3.8) is 0 Å². The summed E-state index contributed by atoms with van der Waals surface area (Å²) in [5.41, 5.74) is 1.32. The molecule has 0 bridgehead atoms. The van der Waals surface area contributed by atoms with Gasteiger partial charge in [0.05, 0.1) is 0 Å². The van der Waals surface area contributed by atoms with Crippen LogP contribution in [0.2, 0.25) is 0 Å². The summed E-state index contributed by atoms with van der Waals surface area (Å²) in [6.45, 7) is 0. The van der Waals surface area contributed by atoms with Crippen molar-refractivity contribution in [2.24, 2.45) is 0 Å². The molecule has 0 aliphatic heterocycles. The van der Waals surface area contributed by atoms with Crippen LogP contribution in [0, 0.1) is 0 Å². The van der Waals surface area contributed by atoms with Crippen molar-refractivity contribution in [3.05, 3.63) is 60.7 Å². The van der Waals surface area contributed by atoms with E-state index in [1.165, 1.54) is 5.46 Å². The van der Waals surface area contributed by atoms with Gasteiger partial charge in [0, 0.05) is 0 Å². The first-order valence-electron chi connectivity index (χ1n) is 5.28. The molecule has 2 aromatic rings. The van der Waals surface area contributed by atoms with Gasteiger partial charge in [0.1, 0.15) is 13.6 Å². The summed E-state index contributed by atoms with van der Waals surface area (Å²) in [5, 5.41) is 16.7. The van der Waals surface area contributed by atoms with Crippen LogP contribution in [0.1, 0.15) is 0 Å². The van der Waals surface area contributed by atoms with E-state index in [-0.39, 0.29) is 58.2 Å². The molecular weight excluding hydrogens is 299 g/mol. The van der Waals surface area contributed by atoms with Crippen LogP contribution < -0.4 is 10.1 Å². The maximum absolute atomic E-state index is 8.34. The second-order valence-electron chi connectivity index (χ2n) is 3.41. The van der Waals surface area contributed by atoms with Crippen LogP contribution in [0.15, 0.2) is 60.7 Å². The molecule has 0 unspecified atom stereocenters. The van der Waals surface area contributed by atoms with E-state index in [0.717, 1.165) is 0 Å². The predicted octanol–water partition coefficient (Wildman–Crippen LogP) is -0.669. The molecule has 2 aromatic carbocycles. The second-order valence-corrected chi connectivity index (χ2v) is 3.41. The Morgan fingerprint density at radius 1 is 0.833 bits per heavy atom. The zero-order valence-electron chi connectivity index (χ0n) is 9.65. The quantitative estimate of drug-likeness (QED) is 0.723. The van der Waals surface area contributed by atoms with Crippen molar-refractivity contribution in [2.75, 3.05) is 0 Å². The maximum atomic E-state index is 8.34.